The lowest BCUT2D eigenvalue weighted by molar-refractivity contribution is 0.247. The van der Waals surface area contributed by atoms with Gasteiger partial charge in [-0.2, -0.15) is 0 Å². The first-order chi connectivity index (χ1) is 13.0. The van der Waals surface area contributed by atoms with Crippen molar-refractivity contribution in [3.63, 3.8) is 0 Å². The molecule has 0 saturated carbocycles. The number of fused-ring (bicyclic) bond motifs is 1. The van der Waals surface area contributed by atoms with Crippen molar-refractivity contribution in [3.8, 4) is 0 Å². The highest BCUT2D eigenvalue weighted by molar-refractivity contribution is 6.08. The SMILES string of the molecule is C/C(N)=C(/C=N)c1nc(N2CCC3(CCNC3)CC2)c2c(F)cncc2n1. The van der Waals surface area contributed by atoms with Crippen molar-refractivity contribution in [2.24, 2.45) is 11.1 Å². The van der Waals surface area contributed by atoms with E-state index < -0.39 is 5.82 Å². The molecule has 7 nitrogen and oxygen atoms in total. The summed E-state index contributed by atoms with van der Waals surface area (Å²) in [4.78, 5) is 15.1. The van der Waals surface area contributed by atoms with Gasteiger partial charge in [-0.25, -0.2) is 14.4 Å². The average molecular weight is 369 g/mol. The maximum absolute atomic E-state index is 14.6. The van der Waals surface area contributed by atoms with Gasteiger partial charge in [0.15, 0.2) is 11.6 Å². The highest BCUT2D eigenvalue weighted by atomic mass is 19.1. The fourth-order valence-corrected chi connectivity index (χ4v) is 4.15. The van der Waals surface area contributed by atoms with E-state index in [1.165, 1.54) is 18.8 Å². The molecule has 0 bridgehead atoms. The summed E-state index contributed by atoms with van der Waals surface area (Å²) >= 11 is 0. The van der Waals surface area contributed by atoms with Crippen LogP contribution >= 0.6 is 0 Å². The van der Waals surface area contributed by atoms with Gasteiger partial charge in [0.2, 0.25) is 0 Å². The predicted molar refractivity (Wildman–Crippen MR) is 104 cm³/mol. The molecule has 2 aliphatic heterocycles. The number of pyridine rings is 1. The van der Waals surface area contributed by atoms with Crippen LogP contribution in [-0.2, 0) is 0 Å². The molecule has 27 heavy (non-hydrogen) atoms. The summed E-state index contributed by atoms with van der Waals surface area (Å²) in [6.45, 7) is 5.47. The Morgan fingerprint density at radius 3 is 2.70 bits per heavy atom. The van der Waals surface area contributed by atoms with Crippen LogP contribution in [0.15, 0.2) is 18.1 Å². The fraction of sp³-hybridized carbons (Fsp3) is 0.474. The minimum atomic E-state index is -0.429. The van der Waals surface area contributed by atoms with Crippen molar-refractivity contribution in [2.75, 3.05) is 31.1 Å². The van der Waals surface area contributed by atoms with Gasteiger partial charge in [-0.15, -0.1) is 0 Å². The van der Waals surface area contributed by atoms with Gasteiger partial charge >= 0.3 is 0 Å². The van der Waals surface area contributed by atoms with Crippen LogP contribution in [0.5, 0.6) is 0 Å². The van der Waals surface area contributed by atoms with E-state index in [-0.39, 0.29) is 0 Å². The van der Waals surface area contributed by atoms with E-state index in [4.69, 9.17) is 11.1 Å². The first-order valence-electron chi connectivity index (χ1n) is 9.27. The zero-order valence-electron chi connectivity index (χ0n) is 15.4. The van der Waals surface area contributed by atoms with E-state index in [2.05, 4.69) is 25.2 Å². The first-order valence-corrected chi connectivity index (χ1v) is 9.27. The number of nitrogens with zero attached hydrogens (tertiary/aromatic N) is 4. The van der Waals surface area contributed by atoms with Crippen LogP contribution in [0.3, 0.4) is 0 Å². The Morgan fingerprint density at radius 1 is 1.30 bits per heavy atom. The van der Waals surface area contributed by atoms with Crippen molar-refractivity contribution in [1.82, 2.24) is 20.3 Å². The average Bonchev–Trinajstić information content (AvgIpc) is 3.10. The van der Waals surface area contributed by atoms with Crippen molar-refractivity contribution >= 4 is 28.5 Å². The van der Waals surface area contributed by atoms with Gasteiger partial charge in [0.25, 0.3) is 0 Å². The summed E-state index contributed by atoms with van der Waals surface area (Å²) in [7, 11) is 0. The van der Waals surface area contributed by atoms with E-state index in [0.717, 1.165) is 45.2 Å². The molecule has 4 N–H and O–H groups in total. The Balaban J connectivity index is 1.79. The monoisotopic (exact) mass is 369 g/mol. The molecule has 0 radical (unpaired) electrons. The molecule has 8 heteroatoms. The second kappa shape index (κ2) is 6.84. The molecule has 2 saturated heterocycles. The van der Waals surface area contributed by atoms with E-state index in [1.54, 1.807) is 6.92 Å². The van der Waals surface area contributed by atoms with Gasteiger partial charge in [-0.3, -0.25) is 4.98 Å². The van der Waals surface area contributed by atoms with Crippen LogP contribution in [0, 0.1) is 16.6 Å². The zero-order chi connectivity index (χ0) is 19.0. The molecule has 0 atom stereocenters. The zero-order valence-corrected chi connectivity index (χ0v) is 15.4. The van der Waals surface area contributed by atoms with Gasteiger partial charge < -0.3 is 21.4 Å². The molecule has 2 fully saturated rings. The summed E-state index contributed by atoms with van der Waals surface area (Å²) in [5.74, 6) is 0.473. The van der Waals surface area contributed by atoms with E-state index in [0.29, 0.717) is 39.2 Å². The van der Waals surface area contributed by atoms with Crippen LogP contribution in [0.1, 0.15) is 32.0 Å². The van der Waals surface area contributed by atoms with Crippen LogP contribution in [0.25, 0.3) is 16.5 Å². The summed E-state index contributed by atoms with van der Waals surface area (Å²) < 4.78 is 14.6. The van der Waals surface area contributed by atoms with E-state index in [1.807, 2.05) is 0 Å². The molecular weight excluding hydrogens is 345 g/mol. The summed E-state index contributed by atoms with van der Waals surface area (Å²) in [6, 6.07) is 0. The lowest BCUT2D eigenvalue weighted by Gasteiger charge is -2.39. The number of hydrogen-bond acceptors (Lipinski definition) is 7. The van der Waals surface area contributed by atoms with Crippen molar-refractivity contribution in [2.45, 2.75) is 26.2 Å². The van der Waals surface area contributed by atoms with Gasteiger partial charge in [0, 0.05) is 31.5 Å². The third-order valence-corrected chi connectivity index (χ3v) is 5.81. The minimum absolute atomic E-state index is 0.336. The molecule has 4 rings (SSSR count). The van der Waals surface area contributed by atoms with Gasteiger partial charge in [-0.05, 0) is 38.1 Å². The predicted octanol–water partition coefficient (Wildman–Crippen LogP) is 2.08. The molecule has 0 unspecified atom stereocenters. The molecule has 2 aliphatic rings. The molecule has 0 aliphatic carbocycles. The summed E-state index contributed by atoms with van der Waals surface area (Å²) in [5.41, 5.74) is 7.58. The Hall–Kier alpha value is -2.61. The molecule has 0 amide bonds. The second-order valence-corrected chi connectivity index (χ2v) is 7.54. The topological polar surface area (TPSA) is 104 Å². The number of nitrogens with one attached hydrogen (secondary N) is 2. The molecular formula is C19H24FN7. The Morgan fingerprint density at radius 2 is 2.07 bits per heavy atom. The number of anilines is 1. The molecule has 142 valence electrons. The number of halogens is 1. The van der Waals surface area contributed by atoms with Crippen molar-refractivity contribution < 1.29 is 4.39 Å². The van der Waals surface area contributed by atoms with Gasteiger partial charge in [0.1, 0.15) is 5.82 Å². The Labute approximate surface area is 157 Å². The Bertz CT molecular complexity index is 904. The highest BCUT2D eigenvalue weighted by Crippen LogP contribution is 2.39. The van der Waals surface area contributed by atoms with Crippen LogP contribution in [0.4, 0.5) is 10.2 Å². The number of nitrogens with two attached hydrogens (primary N) is 1. The second-order valence-electron chi connectivity index (χ2n) is 7.54. The number of hydrogen-bond donors (Lipinski definition) is 3. The fourth-order valence-electron chi connectivity index (χ4n) is 4.15. The summed E-state index contributed by atoms with van der Waals surface area (Å²) in [6.07, 6.45) is 7.17. The summed E-state index contributed by atoms with van der Waals surface area (Å²) in [5, 5.41) is 11.5. The minimum Gasteiger partial charge on any atom is -0.402 e. The molecule has 4 heterocycles. The number of allylic oxidation sites excluding steroid dienone is 2. The number of aromatic nitrogens is 3. The van der Waals surface area contributed by atoms with E-state index in [9.17, 15) is 4.39 Å². The van der Waals surface area contributed by atoms with Crippen LogP contribution in [0.2, 0.25) is 0 Å². The third-order valence-electron chi connectivity index (χ3n) is 5.81. The van der Waals surface area contributed by atoms with Crippen LogP contribution < -0.4 is 16.0 Å². The quantitative estimate of drug-likeness (QED) is 0.716. The molecule has 2 aromatic heterocycles. The third kappa shape index (κ3) is 3.14. The Kier molecular flexibility index (Phi) is 4.51. The largest absolute Gasteiger partial charge is 0.402 e. The standard InChI is InChI=1S/C19H24FN7/c1-12(22)13(8-21)17-25-15-10-24-9-14(20)16(15)18(26-17)27-6-3-19(4-7-27)2-5-23-11-19/h8-10,21,23H,2-7,11,22H2,1H3/b13-12+,21-8?. The first kappa shape index (κ1) is 17.8. The normalized spacial score (nSPS) is 20.1. The number of piperidine rings is 1. The van der Waals surface area contributed by atoms with Crippen LogP contribution in [-0.4, -0.2) is 47.3 Å². The molecule has 2 aromatic rings. The maximum Gasteiger partial charge on any atom is 0.165 e. The smallest absolute Gasteiger partial charge is 0.165 e. The highest BCUT2D eigenvalue weighted by Gasteiger charge is 2.37. The van der Waals surface area contributed by atoms with Gasteiger partial charge in [0.05, 0.1) is 28.9 Å². The maximum atomic E-state index is 14.6. The lowest BCUT2D eigenvalue weighted by atomic mass is 9.78. The van der Waals surface area contributed by atoms with Crippen molar-refractivity contribution in [1.29, 1.82) is 5.41 Å². The number of rotatable bonds is 3. The molecule has 1 spiro atoms. The lowest BCUT2D eigenvalue weighted by Crippen LogP contribution is -2.41. The van der Waals surface area contributed by atoms with E-state index >= 15 is 0 Å². The van der Waals surface area contributed by atoms with Gasteiger partial charge in [-0.1, -0.05) is 0 Å². The molecule has 0 aromatic carbocycles. The van der Waals surface area contributed by atoms with Crippen molar-refractivity contribution in [3.05, 3.63) is 29.7 Å².